The van der Waals surface area contributed by atoms with Crippen LogP contribution in [0.1, 0.15) is 56.5 Å². The Bertz CT molecular complexity index is 645. The first kappa shape index (κ1) is 18.5. The molecule has 148 valence electrons. The van der Waals surface area contributed by atoms with Crippen molar-refractivity contribution in [2.75, 3.05) is 0 Å². The fraction of sp³-hybridized carbons (Fsp3) is 0.700. The van der Waals surface area contributed by atoms with Crippen molar-refractivity contribution in [2.45, 2.75) is 76.5 Å². The normalized spacial score (nSPS) is 32.4. The number of furan rings is 1. The van der Waals surface area contributed by atoms with Gasteiger partial charge in [0.15, 0.2) is 0 Å². The van der Waals surface area contributed by atoms with Gasteiger partial charge in [0.25, 0.3) is 0 Å². The fourth-order valence-electron chi connectivity index (χ4n) is 4.09. The maximum Gasteiger partial charge on any atom is 0.309 e. The lowest BCUT2D eigenvalue weighted by atomic mass is 9.87. The van der Waals surface area contributed by atoms with Crippen LogP contribution in [0.2, 0.25) is 0 Å². The van der Waals surface area contributed by atoms with Gasteiger partial charge in [-0.1, -0.05) is 6.42 Å². The zero-order chi connectivity index (χ0) is 18.8. The summed E-state index contributed by atoms with van der Waals surface area (Å²) >= 11 is 0. The Hall–Kier alpha value is -1.86. The van der Waals surface area contributed by atoms with E-state index >= 15 is 0 Å². The van der Waals surface area contributed by atoms with Crippen molar-refractivity contribution in [3.8, 4) is 0 Å². The van der Waals surface area contributed by atoms with Crippen LogP contribution in [-0.4, -0.2) is 35.4 Å². The molecule has 27 heavy (non-hydrogen) atoms. The van der Waals surface area contributed by atoms with Crippen molar-refractivity contribution in [1.82, 2.24) is 0 Å². The highest BCUT2D eigenvalue weighted by Crippen LogP contribution is 2.39. The highest BCUT2D eigenvalue weighted by Gasteiger charge is 2.46. The Balaban J connectivity index is 1.19. The second-order valence-corrected chi connectivity index (χ2v) is 7.82. The van der Waals surface area contributed by atoms with Gasteiger partial charge < -0.3 is 23.7 Å². The summed E-state index contributed by atoms with van der Waals surface area (Å²) in [7, 11) is 0. The Morgan fingerprint density at radius 3 is 2.22 bits per heavy atom. The molecule has 1 N–H and O–H groups in total. The van der Waals surface area contributed by atoms with Gasteiger partial charge in [-0.05, 0) is 50.7 Å². The Kier molecular flexibility index (Phi) is 5.50. The van der Waals surface area contributed by atoms with Crippen LogP contribution in [-0.2, 0) is 37.0 Å². The molecule has 3 aliphatic rings. The van der Waals surface area contributed by atoms with E-state index in [-0.39, 0.29) is 43.1 Å². The lowest BCUT2D eigenvalue weighted by molar-refractivity contribution is -0.153. The van der Waals surface area contributed by atoms with Crippen LogP contribution in [0, 0.1) is 11.8 Å². The fourth-order valence-corrected chi connectivity index (χ4v) is 4.09. The molecule has 0 aromatic carbocycles. The summed E-state index contributed by atoms with van der Waals surface area (Å²) in [5, 5.41) is 9.66. The summed E-state index contributed by atoms with van der Waals surface area (Å²) in [6, 6.07) is 3.44. The molecule has 2 heterocycles. The zero-order valence-corrected chi connectivity index (χ0v) is 15.3. The van der Waals surface area contributed by atoms with Crippen molar-refractivity contribution in [3.63, 3.8) is 0 Å². The van der Waals surface area contributed by atoms with E-state index in [1.165, 1.54) is 0 Å². The predicted molar refractivity (Wildman–Crippen MR) is 92.3 cm³/mol. The largest absolute Gasteiger partial charge is 0.459 e. The highest BCUT2D eigenvalue weighted by molar-refractivity contribution is 5.73. The van der Waals surface area contributed by atoms with Crippen LogP contribution in [0.25, 0.3) is 0 Å². The zero-order valence-electron chi connectivity index (χ0n) is 15.3. The van der Waals surface area contributed by atoms with E-state index < -0.39 is 6.10 Å². The maximum atomic E-state index is 12.1. The van der Waals surface area contributed by atoms with Crippen LogP contribution in [0.5, 0.6) is 0 Å². The van der Waals surface area contributed by atoms with E-state index in [1.807, 2.05) is 0 Å². The standard InChI is InChI=1S/C20H26O7/c21-14-3-1-2-12(8-14)19(22)24-10-15-5-6-16(26-15)11-25-20(23)13-4-7-17-18(9-13)27-17/h5-6,12-14,17-18,21H,1-4,7-11H2/t12?,13?,14-,17?,18?/m1/s1. The van der Waals surface area contributed by atoms with Crippen LogP contribution in [0.3, 0.4) is 0 Å². The van der Waals surface area contributed by atoms with E-state index in [4.69, 9.17) is 18.6 Å². The topological polar surface area (TPSA) is 98.5 Å². The minimum absolute atomic E-state index is 0.0441. The quantitative estimate of drug-likeness (QED) is 0.600. The first-order valence-corrected chi connectivity index (χ1v) is 9.83. The van der Waals surface area contributed by atoms with E-state index in [0.29, 0.717) is 24.0 Å². The van der Waals surface area contributed by atoms with E-state index in [1.54, 1.807) is 12.1 Å². The van der Waals surface area contributed by atoms with Gasteiger partial charge in [0.1, 0.15) is 24.7 Å². The minimum atomic E-state index is -0.414. The summed E-state index contributed by atoms with van der Waals surface area (Å²) in [5.74, 6) is 0.210. The second-order valence-electron chi connectivity index (χ2n) is 7.82. The molecule has 5 atom stereocenters. The number of fused-ring (bicyclic) bond motifs is 1. The number of hydrogen-bond donors (Lipinski definition) is 1. The van der Waals surface area contributed by atoms with Crippen LogP contribution >= 0.6 is 0 Å². The molecule has 3 fully saturated rings. The van der Waals surface area contributed by atoms with Crippen molar-refractivity contribution < 1.29 is 33.3 Å². The number of aliphatic hydroxyl groups excluding tert-OH is 1. The molecule has 1 aromatic rings. The Morgan fingerprint density at radius 2 is 1.59 bits per heavy atom. The molecule has 0 amide bonds. The number of hydrogen-bond acceptors (Lipinski definition) is 7. The Morgan fingerprint density at radius 1 is 0.926 bits per heavy atom. The minimum Gasteiger partial charge on any atom is -0.459 e. The lowest BCUT2D eigenvalue weighted by Gasteiger charge is -2.23. The molecular formula is C20H26O7. The van der Waals surface area contributed by atoms with Gasteiger partial charge in [0.2, 0.25) is 0 Å². The van der Waals surface area contributed by atoms with Gasteiger partial charge >= 0.3 is 11.9 Å². The van der Waals surface area contributed by atoms with E-state index in [9.17, 15) is 14.7 Å². The first-order chi connectivity index (χ1) is 13.1. The third kappa shape index (κ3) is 4.71. The molecule has 7 nitrogen and oxygen atoms in total. The maximum absolute atomic E-state index is 12.1. The Labute approximate surface area is 158 Å². The number of rotatable bonds is 6. The molecule has 1 saturated heterocycles. The molecular weight excluding hydrogens is 352 g/mol. The van der Waals surface area contributed by atoms with Crippen molar-refractivity contribution in [3.05, 3.63) is 23.7 Å². The summed E-state index contributed by atoms with van der Waals surface area (Å²) < 4.78 is 21.7. The molecule has 0 spiro atoms. The third-order valence-electron chi connectivity index (χ3n) is 5.75. The van der Waals surface area contributed by atoms with Crippen LogP contribution in [0.15, 0.2) is 16.5 Å². The number of epoxide rings is 1. The smallest absolute Gasteiger partial charge is 0.309 e. The number of esters is 2. The highest BCUT2D eigenvalue weighted by atomic mass is 16.6. The first-order valence-electron chi connectivity index (χ1n) is 9.83. The summed E-state index contributed by atoms with van der Waals surface area (Å²) in [6.07, 6.45) is 5.49. The van der Waals surface area contributed by atoms with E-state index in [2.05, 4.69) is 0 Å². The average Bonchev–Trinajstić information content (AvgIpc) is 3.32. The summed E-state index contributed by atoms with van der Waals surface area (Å²) in [5.41, 5.74) is 0. The van der Waals surface area contributed by atoms with Crippen molar-refractivity contribution >= 4 is 11.9 Å². The summed E-state index contributed by atoms with van der Waals surface area (Å²) in [6.45, 7) is 0.120. The second kappa shape index (κ2) is 8.02. The van der Waals surface area contributed by atoms with Gasteiger partial charge in [0, 0.05) is 0 Å². The third-order valence-corrected chi connectivity index (χ3v) is 5.75. The molecule has 7 heteroatoms. The monoisotopic (exact) mass is 378 g/mol. The van der Waals surface area contributed by atoms with Crippen LogP contribution < -0.4 is 0 Å². The van der Waals surface area contributed by atoms with Crippen molar-refractivity contribution in [2.24, 2.45) is 11.8 Å². The van der Waals surface area contributed by atoms with Gasteiger partial charge in [0.05, 0.1) is 30.1 Å². The molecule has 0 bridgehead atoms. The molecule has 2 saturated carbocycles. The SMILES string of the molecule is O=C(OCc1ccc(COC(=O)C2CCC[C@@H](O)C2)o1)C1CCC2OC2C1. The molecule has 4 unspecified atom stereocenters. The van der Waals surface area contributed by atoms with Crippen molar-refractivity contribution in [1.29, 1.82) is 0 Å². The predicted octanol–water partition coefficient (Wildman–Crippen LogP) is 2.48. The average molecular weight is 378 g/mol. The molecule has 2 aliphatic carbocycles. The number of carbonyl (C=O) groups excluding carboxylic acids is 2. The van der Waals surface area contributed by atoms with Gasteiger partial charge in [-0.2, -0.15) is 0 Å². The molecule has 4 rings (SSSR count). The summed E-state index contributed by atoms with van der Waals surface area (Å²) in [4.78, 5) is 24.2. The van der Waals surface area contributed by atoms with Crippen LogP contribution in [0.4, 0.5) is 0 Å². The molecule has 0 radical (unpaired) electrons. The molecule has 1 aromatic heterocycles. The van der Waals surface area contributed by atoms with Gasteiger partial charge in [-0.3, -0.25) is 9.59 Å². The lowest BCUT2D eigenvalue weighted by Crippen LogP contribution is -2.27. The van der Waals surface area contributed by atoms with E-state index in [0.717, 1.165) is 38.5 Å². The number of ether oxygens (including phenoxy) is 3. The van der Waals surface area contributed by atoms with Gasteiger partial charge in [-0.15, -0.1) is 0 Å². The number of carbonyl (C=O) groups is 2. The molecule has 1 aliphatic heterocycles. The van der Waals surface area contributed by atoms with Gasteiger partial charge in [-0.25, -0.2) is 0 Å². The number of aliphatic hydroxyl groups is 1.